The van der Waals surface area contributed by atoms with Crippen LogP contribution in [0.5, 0.6) is 0 Å². The van der Waals surface area contributed by atoms with Gasteiger partial charge in [0.05, 0.1) is 6.42 Å². The highest BCUT2D eigenvalue weighted by Gasteiger charge is 2.28. The zero-order valence-electron chi connectivity index (χ0n) is 13.8. The number of aromatic nitrogens is 1. The second-order valence-electron chi connectivity index (χ2n) is 6.23. The minimum atomic E-state index is -0.0373. The highest BCUT2D eigenvalue weighted by atomic mass is 16.2. The molecule has 0 atom stereocenters. The molecule has 2 amide bonds. The Bertz CT molecular complexity index is 917. The molecule has 1 aliphatic rings. The fraction of sp³-hybridized carbons (Fsp3) is 0.200. The number of carbonyl (C=O) groups excluding carboxylic acids is 2. The van der Waals surface area contributed by atoms with E-state index >= 15 is 0 Å². The lowest BCUT2D eigenvalue weighted by Gasteiger charge is -2.34. The van der Waals surface area contributed by atoms with E-state index in [1.165, 1.54) is 0 Å². The molecule has 1 aliphatic heterocycles. The van der Waals surface area contributed by atoms with Crippen LogP contribution in [-0.4, -0.2) is 41.3 Å². The Balaban J connectivity index is 1.45. The van der Waals surface area contributed by atoms with Crippen molar-refractivity contribution in [3.63, 3.8) is 0 Å². The molecule has 0 unspecified atom stereocenters. The predicted molar refractivity (Wildman–Crippen MR) is 97.4 cm³/mol. The summed E-state index contributed by atoms with van der Waals surface area (Å²) in [6.45, 7) is 1.22. The smallest absolute Gasteiger partial charge is 0.246 e. The van der Waals surface area contributed by atoms with Crippen molar-refractivity contribution in [2.45, 2.75) is 6.42 Å². The largest absolute Gasteiger partial charge is 0.361 e. The molecule has 1 N–H and O–H groups in total. The molecule has 2 aromatic carbocycles. The molecule has 25 heavy (non-hydrogen) atoms. The molecule has 4 rings (SSSR count). The molecule has 5 nitrogen and oxygen atoms in total. The summed E-state index contributed by atoms with van der Waals surface area (Å²) in [5, 5.41) is 1.06. The second-order valence-corrected chi connectivity index (χ2v) is 6.23. The number of anilines is 1. The summed E-state index contributed by atoms with van der Waals surface area (Å²) in [5.74, 6) is -0.0458. The van der Waals surface area contributed by atoms with Gasteiger partial charge in [0.2, 0.25) is 11.8 Å². The number of nitrogens with one attached hydrogen (secondary N) is 1. The summed E-state index contributed by atoms with van der Waals surface area (Å²) in [6.07, 6.45) is 2.19. The number of amides is 2. The van der Waals surface area contributed by atoms with Crippen LogP contribution in [0.25, 0.3) is 10.9 Å². The molecule has 1 saturated heterocycles. The standard InChI is InChI=1S/C20H19N3O2/c24-19(12-15-13-21-18-9-5-4-8-17(15)18)22-10-11-23(20(25)14-22)16-6-2-1-3-7-16/h1-9,13,21H,10-12,14H2. The third-order valence-corrected chi connectivity index (χ3v) is 4.66. The molecule has 2 heterocycles. The van der Waals surface area contributed by atoms with Crippen LogP contribution < -0.4 is 4.90 Å². The van der Waals surface area contributed by atoms with Crippen molar-refractivity contribution >= 4 is 28.4 Å². The van der Waals surface area contributed by atoms with Gasteiger partial charge in [-0.1, -0.05) is 36.4 Å². The van der Waals surface area contributed by atoms with Gasteiger partial charge in [-0.15, -0.1) is 0 Å². The third-order valence-electron chi connectivity index (χ3n) is 4.66. The van der Waals surface area contributed by atoms with Gasteiger partial charge in [-0.25, -0.2) is 0 Å². The van der Waals surface area contributed by atoms with Gasteiger partial charge >= 0.3 is 0 Å². The van der Waals surface area contributed by atoms with Gasteiger partial charge in [-0.05, 0) is 23.8 Å². The number of aromatic amines is 1. The number of hydrogen-bond donors (Lipinski definition) is 1. The van der Waals surface area contributed by atoms with Crippen LogP contribution in [0, 0.1) is 0 Å². The van der Waals surface area contributed by atoms with E-state index in [0.29, 0.717) is 19.5 Å². The minimum Gasteiger partial charge on any atom is -0.361 e. The zero-order chi connectivity index (χ0) is 17.2. The van der Waals surface area contributed by atoms with Crippen molar-refractivity contribution in [1.82, 2.24) is 9.88 Å². The van der Waals surface area contributed by atoms with Crippen LogP contribution >= 0.6 is 0 Å². The third kappa shape index (κ3) is 3.01. The van der Waals surface area contributed by atoms with E-state index in [1.807, 2.05) is 60.8 Å². The van der Waals surface area contributed by atoms with Gasteiger partial charge in [0.1, 0.15) is 6.54 Å². The normalized spacial score (nSPS) is 15.0. The number of nitrogens with zero attached hydrogens (tertiary/aromatic N) is 2. The molecule has 0 spiro atoms. The molecule has 1 aromatic heterocycles. The van der Waals surface area contributed by atoms with E-state index in [9.17, 15) is 9.59 Å². The number of piperazine rings is 1. The molecule has 0 radical (unpaired) electrons. The maximum absolute atomic E-state index is 12.6. The average Bonchev–Trinajstić information content (AvgIpc) is 3.05. The fourth-order valence-electron chi connectivity index (χ4n) is 3.32. The van der Waals surface area contributed by atoms with Crippen LogP contribution in [0.3, 0.4) is 0 Å². The fourth-order valence-corrected chi connectivity index (χ4v) is 3.32. The van der Waals surface area contributed by atoms with Gasteiger partial charge in [-0.2, -0.15) is 0 Å². The second kappa shape index (κ2) is 6.43. The Morgan fingerprint density at radius 3 is 2.56 bits per heavy atom. The van der Waals surface area contributed by atoms with Crippen LogP contribution in [0.1, 0.15) is 5.56 Å². The summed E-state index contributed by atoms with van der Waals surface area (Å²) in [5.41, 5.74) is 2.88. The number of para-hydroxylation sites is 2. The predicted octanol–water partition coefficient (Wildman–Crippen LogP) is 2.59. The maximum atomic E-state index is 12.6. The lowest BCUT2D eigenvalue weighted by molar-refractivity contribution is -0.136. The van der Waals surface area contributed by atoms with Crippen molar-refractivity contribution in [3.8, 4) is 0 Å². The molecular weight excluding hydrogens is 314 g/mol. The van der Waals surface area contributed by atoms with E-state index in [-0.39, 0.29) is 18.4 Å². The summed E-state index contributed by atoms with van der Waals surface area (Å²) < 4.78 is 0. The first-order valence-electron chi connectivity index (χ1n) is 8.40. The van der Waals surface area contributed by atoms with E-state index in [4.69, 9.17) is 0 Å². The first-order chi connectivity index (χ1) is 12.2. The van der Waals surface area contributed by atoms with Crippen molar-refractivity contribution in [3.05, 3.63) is 66.4 Å². The van der Waals surface area contributed by atoms with Gasteiger partial charge in [0, 0.05) is 35.9 Å². The average molecular weight is 333 g/mol. The molecule has 5 heteroatoms. The summed E-state index contributed by atoms with van der Waals surface area (Å²) in [7, 11) is 0. The maximum Gasteiger partial charge on any atom is 0.246 e. The molecule has 0 saturated carbocycles. The molecule has 0 aliphatic carbocycles. The topological polar surface area (TPSA) is 56.4 Å². The van der Waals surface area contributed by atoms with Crippen LogP contribution in [0.2, 0.25) is 0 Å². The van der Waals surface area contributed by atoms with E-state index < -0.39 is 0 Å². The number of hydrogen-bond acceptors (Lipinski definition) is 2. The van der Waals surface area contributed by atoms with E-state index in [2.05, 4.69) is 4.98 Å². The van der Waals surface area contributed by atoms with Gasteiger partial charge in [0.25, 0.3) is 0 Å². The monoisotopic (exact) mass is 333 g/mol. The van der Waals surface area contributed by atoms with Crippen molar-refractivity contribution in [2.24, 2.45) is 0 Å². The molecule has 1 fully saturated rings. The molecule has 3 aromatic rings. The summed E-state index contributed by atoms with van der Waals surface area (Å²) in [4.78, 5) is 31.7. The Hall–Kier alpha value is -3.08. The van der Waals surface area contributed by atoms with Crippen LogP contribution in [-0.2, 0) is 16.0 Å². The lowest BCUT2D eigenvalue weighted by Crippen LogP contribution is -2.52. The van der Waals surface area contributed by atoms with Crippen LogP contribution in [0.15, 0.2) is 60.8 Å². The van der Waals surface area contributed by atoms with Crippen LogP contribution in [0.4, 0.5) is 5.69 Å². The Morgan fingerprint density at radius 1 is 1.00 bits per heavy atom. The number of H-pyrrole nitrogens is 1. The highest BCUT2D eigenvalue weighted by Crippen LogP contribution is 2.20. The SMILES string of the molecule is O=C(Cc1c[nH]c2ccccc12)N1CCN(c2ccccc2)C(=O)C1. The molecule has 126 valence electrons. The summed E-state index contributed by atoms with van der Waals surface area (Å²) >= 11 is 0. The number of benzene rings is 2. The van der Waals surface area contributed by atoms with Crippen molar-refractivity contribution < 1.29 is 9.59 Å². The minimum absolute atomic E-state index is 0.00850. The summed E-state index contributed by atoms with van der Waals surface area (Å²) in [6, 6.07) is 17.5. The molecule has 0 bridgehead atoms. The van der Waals surface area contributed by atoms with Crippen molar-refractivity contribution in [2.75, 3.05) is 24.5 Å². The number of fused-ring (bicyclic) bond motifs is 1. The van der Waals surface area contributed by atoms with Gasteiger partial charge in [-0.3, -0.25) is 9.59 Å². The van der Waals surface area contributed by atoms with Gasteiger partial charge < -0.3 is 14.8 Å². The zero-order valence-corrected chi connectivity index (χ0v) is 13.8. The van der Waals surface area contributed by atoms with Crippen molar-refractivity contribution in [1.29, 1.82) is 0 Å². The Morgan fingerprint density at radius 2 is 1.76 bits per heavy atom. The first-order valence-corrected chi connectivity index (χ1v) is 8.40. The first kappa shape index (κ1) is 15.4. The number of rotatable bonds is 3. The Labute approximate surface area is 145 Å². The lowest BCUT2D eigenvalue weighted by atomic mass is 10.1. The highest BCUT2D eigenvalue weighted by molar-refractivity contribution is 5.98. The van der Waals surface area contributed by atoms with Gasteiger partial charge in [0.15, 0.2) is 0 Å². The van der Waals surface area contributed by atoms with E-state index in [1.54, 1.807) is 9.80 Å². The number of carbonyl (C=O) groups is 2. The Kier molecular flexibility index (Phi) is 3.98. The van der Waals surface area contributed by atoms with E-state index in [0.717, 1.165) is 22.2 Å². The molecular formula is C20H19N3O2. The quantitative estimate of drug-likeness (QED) is 0.801.